The van der Waals surface area contributed by atoms with Crippen LogP contribution in [0.3, 0.4) is 0 Å². The lowest BCUT2D eigenvalue weighted by Gasteiger charge is -2.25. The summed E-state index contributed by atoms with van der Waals surface area (Å²) in [6, 6.07) is 5.85. The molecule has 118 valence electrons. The number of benzene rings is 1. The molecule has 0 heterocycles. The Balaban J connectivity index is 2.91. The maximum atomic E-state index is 11.5. The van der Waals surface area contributed by atoms with Crippen molar-refractivity contribution in [2.75, 3.05) is 6.61 Å². The Bertz CT molecular complexity index is 490. The van der Waals surface area contributed by atoms with Gasteiger partial charge in [-0.3, -0.25) is 4.79 Å². The van der Waals surface area contributed by atoms with Crippen LogP contribution in [0, 0.1) is 6.92 Å². The first-order chi connectivity index (χ1) is 9.61. The first-order valence-corrected chi connectivity index (χ1v) is 7.40. The average molecular weight is 292 g/mol. The summed E-state index contributed by atoms with van der Waals surface area (Å²) in [4.78, 5) is 11.5. The first kappa shape index (κ1) is 17.5. The SMILES string of the molecule is Cc1ccc(C(C)(C)C)c(OCC(NC(C)C)C(N)=O)c1. The molecule has 0 aliphatic heterocycles. The number of carbonyl (C=O) groups is 1. The van der Waals surface area contributed by atoms with Crippen molar-refractivity contribution in [2.24, 2.45) is 5.73 Å². The highest BCUT2D eigenvalue weighted by Gasteiger charge is 2.21. The highest BCUT2D eigenvalue weighted by Crippen LogP contribution is 2.32. The largest absolute Gasteiger partial charge is 0.491 e. The van der Waals surface area contributed by atoms with Crippen LogP contribution in [0.2, 0.25) is 0 Å². The monoisotopic (exact) mass is 292 g/mol. The van der Waals surface area contributed by atoms with Gasteiger partial charge >= 0.3 is 0 Å². The van der Waals surface area contributed by atoms with Gasteiger partial charge in [0.2, 0.25) is 5.91 Å². The van der Waals surface area contributed by atoms with Crippen LogP contribution in [0.15, 0.2) is 18.2 Å². The Labute approximate surface area is 128 Å². The number of hydrogen-bond acceptors (Lipinski definition) is 3. The number of rotatable bonds is 6. The fourth-order valence-corrected chi connectivity index (χ4v) is 2.16. The van der Waals surface area contributed by atoms with Gasteiger partial charge in [0.15, 0.2) is 0 Å². The Morgan fingerprint density at radius 2 is 1.95 bits per heavy atom. The van der Waals surface area contributed by atoms with Gasteiger partial charge in [0, 0.05) is 6.04 Å². The summed E-state index contributed by atoms with van der Waals surface area (Å²) in [6.45, 7) is 12.6. The lowest BCUT2D eigenvalue weighted by molar-refractivity contribution is -0.120. The van der Waals surface area contributed by atoms with Crippen molar-refractivity contribution in [3.63, 3.8) is 0 Å². The maximum absolute atomic E-state index is 11.5. The van der Waals surface area contributed by atoms with Gasteiger partial charge in [-0.25, -0.2) is 0 Å². The van der Waals surface area contributed by atoms with Gasteiger partial charge in [-0.15, -0.1) is 0 Å². The van der Waals surface area contributed by atoms with Gasteiger partial charge < -0.3 is 15.8 Å². The van der Waals surface area contributed by atoms with Crippen LogP contribution < -0.4 is 15.8 Å². The second-order valence-electron chi connectivity index (χ2n) is 6.84. The van der Waals surface area contributed by atoms with Crippen LogP contribution in [0.5, 0.6) is 5.75 Å². The third-order valence-corrected chi connectivity index (χ3v) is 3.23. The Hall–Kier alpha value is -1.55. The van der Waals surface area contributed by atoms with Crippen molar-refractivity contribution in [3.05, 3.63) is 29.3 Å². The van der Waals surface area contributed by atoms with Crippen molar-refractivity contribution in [1.29, 1.82) is 0 Å². The lowest BCUT2D eigenvalue weighted by atomic mass is 9.86. The molecule has 0 aromatic heterocycles. The molecule has 1 unspecified atom stereocenters. The number of amides is 1. The molecule has 1 aromatic rings. The van der Waals surface area contributed by atoms with Crippen molar-refractivity contribution >= 4 is 5.91 Å². The molecule has 1 aromatic carbocycles. The summed E-state index contributed by atoms with van der Waals surface area (Å²) in [7, 11) is 0. The molecule has 1 atom stereocenters. The number of primary amides is 1. The highest BCUT2D eigenvalue weighted by molar-refractivity contribution is 5.80. The summed E-state index contributed by atoms with van der Waals surface area (Å²) >= 11 is 0. The second kappa shape index (κ2) is 6.94. The lowest BCUT2D eigenvalue weighted by Crippen LogP contribution is -2.48. The number of nitrogens with two attached hydrogens (primary N) is 1. The van der Waals surface area contributed by atoms with Crippen LogP contribution in [0.4, 0.5) is 0 Å². The minimum atomic E-state index is -0.488. The van der Waals surface area contributed by atoms with Crippen LogP contribution in [0.25, 0.3) is 0 Å². The van der Waals surface area contributed by atoms with Gasteiger partial charge in [-0.05, 0) is 29.5 Å². The van der Waals surface area contributed by atoms with E-state index in [1.54, 1.807) is 0 Å². The molecule has 0 aliphatic rings. The van der Waals surface area contributed by atoms with Crippen molar-refractivity contribution in [2.45, 2.75) is 59.0 Å². The quantitative estimate of drug-likeness (QED) is 0.847. The molecule has 0 aliphatic carbocycles. The van der Waals surface area contributed by atoms with E-state index in [9.17, 15) is 4.79 Å². The summed E-state index contributed by atoms with van der Waals surface area (Å²) in [6.07, 6.45) is 0. The molecule has 1 rings (SSSR count). The standard InChI is InChI=1S/C17H28N2O2/c1-11(2)19-14(16(18)20)10-21-15-9-12(3)7-8-13(15)17(4,5)6/h7-9,11,14,19H,10H2,1-6H3,(H2,18,20). The molecule has 0 saturated heterocycles. The first-order valence-electron chi connectivity index (χ1n) is 7.40. The average Bonchev–Trinajstić information content (AvgIpc) is 2.32. The summed E-state index contributed by atoms with van der Waals surface area (Å²) < 4.78 is 5.91. The van der Waals surface area contributed by atoms with Crippen LogP contribution in [-0.2, 0) is 10.2 Å². The van der Waals surface area contributed by atoms with E-state index in [1.807, 2.05) is 26.8 Å². The van der Waals surface area contributed by atoms with E-state index >= 15 is 0 Å². The third kappa shape index (κ3) is 5.38. The zero-order valence-electron chi connectivity index (χ0n) is 14.0. The predicted molar refractivity (Wildman–Crippen MR) is 86.6 cm³/mol. The topological polar surface area (TPSA) is 64.3 Å². The minimum absolute atomic E-state index is 0.0171. The van der Waals surface area contributed by atoms with Gasteiger partial charge in [-0.2, -0.15) is 0 Å². The minimum Gasteiger partial charge on any atom is -0.491 e. The summed E-state index contributed by atoms with van der Waals surface area (Å²) in [5.41, 5.74) is 7.66. The molecule has 0 fully saturated rings. The Morgan fingerprint density at radius 3 is 2.43 bits per heavy atom. The van der Waals surface area contributed by atoms with Crippen LogP contribution >= 0.6 is 0 Å². The van der Waals surface area contributed by atoms with E-state index in [1.165, 1.54) is 0 Å². The molecular formula is C17H28N2O2. The van der Waals surface area contributed by atoms with Crippen molar-refractivity contribution in [1.82, 2.24) is 5.32 Å². The van der Waals surface area contributed by atoms with Gasteiger partial charge in [0.25, 0.3) is 0 Å². The molecule has 3 N–H and O–H groups in total. The molecule has 4 nitrogen and oxygen atoms in total. The fourth-order valence-electron chi connectivity index (χ4n) is 2.16. The molecular weight excluding hydrogens is 264 g/mol. The van der Waals surface area contributed by atoms with E-state index in [2.05, 4.69) is 38.2 Å². The van der Waals surface area contributed by atoms with Gasteiger partial charge in [0.05, 0.1) is 0 Å². The normalized spacial score (nSPS) is 13.3. The van der Waals surface area contributed by atoms with E-state index < -0.39 is 11.9 Å². The van der Waals surface area contributed by atoms with E-state index in [0.29, 0.717) is 0 Å². The van der Waals surface area contributed by atoms with Crippen LogP contribution in [0.1, 0.15) is 45.7 Å². The second-order valence-corrected chi connectivity index (χ2v) is 6.84. The Morgan fingerprint density at radius 1 is 1.33 bits per heavy atom. The van der Waals surface area contributed by atoms with E-state index in [0.717, 1.165) is 16.9 Å². The fraction of sp³-hybridized carbons (Fsp3) is 0.588. The van der Waals surface area contributed by atoms with Crippen molar-refractivity contribution < 1.29 is 9.53 Å². The molecule has 0 radical (unpaired) electrons. The molecule has 21 heavy (non-hydrogen) atoms. The molecule has 4 heteroatoms. The van der Waals surface area contributed by atoms with E-state index in [-0.39, 0.29) is 18.1 Å². The van der Waals surface area contributed by atoms with Crippen LogP contribution in [-0.4, -0.2) is 24.6 Å². The number of ether oxygens (including phenoxy) is 1. The zero-order chi connectivity index (χ0) is 16.2. The molecule has 0 spiro atoms. The highest BCUT2D eigenvalue weighted by atomic mass is 16.5. The van der Waals surface area contributed by atoms with E-state index in [4.69, 9.17) is 10.5 Å². The third-order valence-electron chi connectivity index (χ3n) is 3.23. The summed E-state index contributed by atoms with van der Waals surface area (Å²) in [5.74, 6) is 0.424. The van der Waals surface area contributed by atoms with Gasteiger partial charge in [0.1, 0.15) is 18.4 Å². The molecule has 1 amide bonds. The number of hydrogen-bond donors (Lipinski definition) is 2. The molecule has 0 saturated carbocycles. The number of aryl methyl sites for hydroxylation is 1. The number of nitrogens with one attached hydrogen (secondary N) is 1. The van der Waals surface area contributed by atoms with Crippen molar-refractivity contribution in [3.8, 4) is 5.75 Å². The molecule has 0 bridgehead atoms. The Kier molecular flexibility index (Phi) is 5.78. The maximum Gasteiger partial charge on any atom is 0.238 e. The van der Waals surface area contributed by atoms with Gasteiger partial charge in [-0.1, -0.05) is 46.8 Å². The zero-order valence-corrected chi connectivity index (χ0v) is 14.0. The summed E-state index contributed by atoms with van der Waals surface area (Å²) in [5, 5.41) is 3.12. The number of carbonyl (C=O) groups excluding carboxylic acids is 1. The predicted octanol–water partition coefficient (Wildman–Crippen LogP) is 2.52. The smallest absolute Gasteiger partial charge is 0.238 e.